The number of aryl methyl sites for hydroxylation is 2. The van der Waals surface area contributed by atoms with E-state index in [0.717, 1.165) is 4.68 Å². The summed E-state index contributed by atoms with van der Waals surface area (Å²) in [5, 5.41) is 27.0. The summed E-state index contributed by atoms with van der Waals surface area (Å²) in [6.07, 6.45) is -2.76. The Morgan fingerprint density at radius 2 is 2.18 bits per heavy atom. The number of thioether (sulfide) groups is 2. The smallest absolute Gasteiger partial charge is 0.352 e. The van der Waals surface area contributed by atoms with Crippen molar-refractivity contribution in [2.75, 3.05) is 11.5 Å². The Labute approximate surface area is 193 Å². The number of β-lactam (4-membered cyclic amide) rings is 1. The van der Waals surface area contributed by atoms with Crippen molar-refractivity contribution >= 4 is 41.3 Å². The average molecular weight is 501 g/mol. The maximum Gasteiger partial charge on any atom is 0.352 e. The molecule has 4 rings (SSSR count). The van der Waals surface area contributed by atoms with Crippen LogP contribution in [-0.2, 0) is 28.0 Å². The van der Waals surface area contributed by atoms with Crippen LogP contribution in [0.1, 0.15) is 17.8 Å². The topological polar surface area (TPSA) is 148 Å². The van der Waals surface area contributed by atoms with Crippen molar-refractivity contribution in [1.29, 1.82) is 0 Å². The first-order chi connectivity index (χ1) is 15.7. The van der Waals surface area contributed by atoms with Crippen molar-refractivity contribution in [3.8, 4) is 0 Å². The number of halogens is 2. The highest BCUT2D eigenvalue weighted by Gasteiger charge is 2.54. The van der Waals surface area contributed by atoms with E-state index in [-0.39, 0.29) is 18.0 Å². The highest BCUT2D eigenvalue weighted by atomic mass is 32.2. The van der Waals surface area contributed by atoms with Crippen LogP contribution in [0.4, 0.5) is 8.78 Å². The second-order valence-electron chi connectivity index (χ2n) is 7.25. The molecule has 0 aromatic carbocycles. The quantitative estimate of drug-likeness (QED) is 0.380. The Bertz CT molecular complexity index is 1150. The van der Waals surface area contributed by atoms with Crippen LogP contribution in [0, 0.1) is 6.92 Å². The van der Waals surface area contributed by atoms with Gasteiger partial charge >= 0.3 is 5.97 Å². The van der Waals surface area contributed by atoms with Gasteiger partial charge in [-0.25, -0.2) is 18.3 Å². The van der Waals surface area contributed by atoms with Crippen LogP contribution >= 0.6 is 23.5 Å². The summed E-state index contributed by atoms with van der Waals surface area (Å²) in [6.45, 7) is 1.20. The molecular formula is C17H18F2N8O4S2. The molecule has 2 aromatic heterocycles. The second kappa shape index (κ2) is 9.09. The summed E-state index contributed by atoms with van der Waals surface area (Å²) < 4.78 is 28.2. The lowest BCUT2D eigenvalue weighted by molar-refractivity contribution is -0.150. The predicted octanol–water partition coefficient (Wildman–Crippen LogP) is 0.184. The molecule has 2 amide bonds. The monoisotopic (exact) mass is 500 g/mol. The number of carbonyl (C=O) groups is 3. The van der Waals surface area contributed by atoms with E-state index in [4.69, 9.17) is 0 Å². The number of alkyl halides is 2. The Morgan fingerprint density at radius 3 is 2.79 bits per heavy atom. The fourth-order valence-electron chi connectivity index (χ4n) is 3.45. The predicted molar refractivity (Wildman–Crippen MR) is 111 cm³/mol. The minimum atomic E-state index is -2.76. The lowest BCUT2D eigenvalue weighted by atomic mass is 10.0. The van der Waals surface area contributed by atoms with Gasteiger partial charge in [0.25, 0.3) is 12.3 Å². The highest BCUT2D eigenvalue weighted by molar-refractivity contribution is 8.01. The molecule has 1 saturated heterocycles. The molecule has 0 aliphatic carbocycles. The SMILES string of the molecule is Cc1cc(C(F)F)nn1CC(=O)NC1C(=O)N2C(C(=O)O)=C(CSc3nnnn3C)CSC12. The van der Waals surface area contributed by atoms with Gasteiger partial charge in [0.1, 0.15) is 29.4 Å². The zero-order valence-corrected chi connectivity index (χ0v) is 18.9. The van der Waals surface area contributed by atoms with Crippen molar-refractivity contribution in [3.05, 3.63) is 28.7 Å². The number of carboxylic acid groups (broad SMARTS) is 1. The van der Waals surface area contributed by atoms with Gasteiger partial charge < -0.3 is 10.4 Å². The molecule has 4 heterocycles. The molecule has 2 unspecified atom stereocenters. The number of nitrogens with one attached hydrogen (secondary N) is 1. The van der Waals surface area contributed by atoms with E-state index in [2.05, 4.69) is 25.9 Å². The van der Waals surface area contributed by atoms with Crippen LogP contribution in [0.25, 0.3) is 0 Å². The number of aromatic nitrogens is 6. The average Bonchev–Trinajstić information content (AvgIpc) is 3.34. The van der Waals surface area contributed by atoms with E-state index in [1.54, 1.807) is 14.0 Å². The molecule has 0 bridgehead atoms. The molecule has 2 aliphatic rings. The van der Waals surface area contributed by atoms with E-state index in [1.165, 1.54) is 39.2 Å². The Hall–Kier alpha value is -3.01. The third-order valence-electron chi connectivity index (χ3n) is 5.04. The number of hydrogen-bond acceptors (Lipinski definition) is 9. The molecule has 16 heteroatoms. The molecule has 0 radical (unpaired) electrons. The van der Waals surface area contributed by atoms with Crippen molar-refractivity contribution in [3.63, 3.8) is 0 Å². The summed E-state index contributed by atoms with van der Waals surface area (Å²) >= 11 is 2.58. The number of hydrogen-bond donors (Lipinski definition) is 2. The minimum Gasteiger partial charge on any atom is -0.477 e. The number of fused-ring (bicyclic) bond motifs is 1. The third kappa shape index (κ3) is 4.44. The summed E-state index contributed by atoms with van der Waals surface area (Å²) in [6, 6.07) is 0.269. The van der Waals surface area contributed by atoms with Crippen LogP contribution in [-0.4, -0.2) is 80.7 Å². The lowest BCUT2D eigenvalue weighted by Gasteiger charge is -2.49. The Morgan fingerprint density at radius 1 is 1.42 bits per heavy atom. The number of carbonyl (C=O) groups excluding carboxylic acids is 2. The van der Waals surface area contributed by atoms with Crippen molar-refractivity contribution in [1.82, 2.24) is 40.2 Å². The molecular weight excluding hydrogens is 482 g/mol. The first-order valence-corrected chi connectivity index (χ1v) is 11.6. The molecule has 12 nitrogen and oxygen atoms in total. The number of nitrogens with zero attached hydrogens (tertiary/aromatic N) is 7. The van der Waals surface area contributed by atoms with E-state index < -0.39 is 41.3 Å². The molecule has 2 atom stereocenters. The highest BCUT2D eigenvalue weighted by Crippen LogP contribution is 2.41. The van der Waals surface area contributed by atoms with Gasteiger partial charge in [-0.15, -0.1) is 16.9 Å². The normalized spacial score (nSPS) is 20.2. The first-order valence-electron chi connectivity index (χ1n) is 9.54. The fraction of sp³-hybridized carbons (Fsp3) is 0.471. The third-order valence-corrected chi connectivity index (χ3v) is 7.48. The van der Waals surface area contributed by atoms with Crippen LogP contribution < -0.4 is 5.32 Å². The van der Waals surface area contributed by atoms with E-state index >= 15 is 0 Å². The van der Waals surface area contributed by atoms with Gasteiger partial charge in [-0.1, -0.05) is 11.8 Å². The molecule has 176 valence electrons. The van der Waals surface area contributed by atoms with Gasteiger partial charge in [-0.2, -0.15) is 5.10 Å². The lowest BCUT2D eigenvalue weighted by Crippen LogP contribution is -2.70. The number of amides is 2. The summed E-state index contributed by atoms with van der Waals surface area (Å²) in [7, 11) is 1.66. The van der Waals surface area contributed by atoms with Crippen LogP contribution in [0.2, 0.25) is 0 Å². The van der Waals surface area contributed by atoms with Gasteiger partial charge in [0.05, 0.1) is 0 Å². The molecule has 33 heavy (non-hydrogen) atoms. The van der Waals surface area contributed by atoms with Gasteiger partial charge in [-0.05, 0) is 29.0 Å². The van der Waals surface area contributed by atoms with Crippen molar-refractivity contribution in [2.24, 2.45) is 7.05 Å². The van der Waals surface area contributed by atoms with Crippen LogP contribution in [0.15, 0.2) is 22.5 Å². The maximum absolute atomic E-state index is 12.8. The summed E-state index contributed by atoms with van der Waals surface area (Å²) in [4.78, 5) is 38.2. The van der Waals surface area contributed by atoms with Gasteiger partial charge in [0.2, 0.25) is 11.1 Å². The van der Waals surface area contributed by atoms with Crippen LogP contribution in [0.3, 0.4) is 0 Å². The van der Waals surface area contributed by atoms with E-state index in [9.17, 15) is 28.3 Å². The van der Waals surface area contributed by atoms with Gasteiger partial charge in [-0.3, -0.25) is 19.2 Å². The molecule has 0 saturated carbocycles. The van der Waals surface area contributed by atoms with Gasteiger partial charge in [0.15, 0.2) is 0 Å². The number of carboxylic acids is 1. The first kappa shape index (κ1) is 23.2. The standard InChI is InChI=1S/C17H18F2N8O4S2/c1-7-3-9(13(18)19)22-26(7)4-10(28)20-11-14(29)27-12(16(30)31)8(5-32-15(11)27)6-33-17-21-23-24-25(17)2/h3,11,13,15H,4-6H2,1-2H3,(H,20,28)(H,30,31). The zero-order chi connectivity index (χ0) is 23.9. The fourth-order valence-corrected chi connectivity index (χ4v) is 5.78. The Balaban J connectivity index is 1.43. The minimum absolute atomic E-state index is 0.110. The summed E-state index contributed by atoms with van der Waals surface area (Å²) in [5.74, 6) is -1.75. The number of tetrazole rings is 1. The molecule has 1 fully saturated rings. The molecule has 2 N–H and O–H groups in total. The Kier molecular flexibility index (Phi) is 6.38. The van der Waals surface area contributed by atoms with Gasteiger partial charge in [0, 0.05) is 24.2 Å². The molecule has 0 spiro atoms. The summed E-state index contributed by atoms with van der Waals surface area (Å²) in [5.41, 5.74) is 0.376. The van der Waals surface area contributed by atoms with E-state index in [1.807, 2.05) is 0 Å². The molecule has 2 aromatic rings. The number of rotatable bonds is 8. The van der Waals surface area contributed by atoms with E-state index in [0.29, 0.717) is 22.2 Å². The number of aliphatic carboxylic acids is 1. The van der Waals surface area contributed by atoms with Crippen LogP contribution in [0.5, 0.6) is 0 Å². The second-order valence-corrected chi connectivity index (χ2v) is 9.30. The largest absolute Gasteiger partial charge is 0.477 e. The van der Waals surface area contributed by atoms with Crippen molar-refractivity contribution in [2.45, 2.75) is 36.5 Å². The zero-order valence-electron chi connectivity index (χ0n) is 17.3. The molecule has 2 aliphatic heterocycles. The maximum atomic E-state index is 12.8. The van der Waals surface area contributed by atoms with Crippen molar-refractivity contribution < 1.29 is 28.3 Å².